The number of hydrogen-bond acceptors (Lipinski definition) is 4. The molecule has 2 saturated heterocycles. The maximum Gasteiger partial charge on any atom is 0.251 e. The number of carbonyl (C=O) groups is 2. The molecule has 0 saturated carbocycles. The molecular weight excluding hydrogens is 462 g/mol. The van der Waals surface area contributed by atoms with Gasteiger partial charge in [-0.3, -0.25) is 9.59 Å². The molecule has 0 radical (unpaired) electrons. The Kier molecular flexibility index (Phi) is 6.43. The lowest BCUT2D eigenvalue weighted by atomic mass is 9.79. The van der Waals surface area contributed by atoms with E-state index in [-0.39, 0.29) is 36.2 Å². The van der Waals surface area contributed by atoms with Crippen LogP contribution in [0.25, 0.3) is 0 Å². The second kappa shape index (κ2) is 10.0. The summed E-state index contributed by atoms with van der Waals surface area (Å²) >= 11 is 0. The number of nitrogens with one attached hydrogen (secondary N) is 2. The normalized spacial score (nSPS) is 23.9. The number of nitrogens with zero attached hydrogens (tertiary/aromatic N) is 1. The first-order valence-corrected chi connectivity index (χ1v) is 13.3. The summed E-state index contributed by atoms with van der Waals surface area (Å²) in [5, 5.41) is 7.02. The Morgan fingerprint density at radius 2 is 1.59 bits per heavy atom. The monoisotopic (exact) mass is 495 g/mol. The van der Waals surface area contributed by atoms with Crippen molar-refractivity contribution in [2.75, 3.05) is 25.1 Å². The first-order valence-electron chi connectivity index (χ1n) is 13.3. The lowest BCUT2D eigenvalue weighted by Crippen LogP contribution is -2.54. The Bertz CT molecular complexity index is 1260. The zero-order valence-corrected chi connectivity index (χ0v) is 20.9. The van der Waals surface area contributed by atoms with Gasteiger partial charge in [0.05, 0.1) is 24.0 Å². The molecule has 6 heteroatoms. The molecule has 37 heavy (non-hydrogen) atoms. The summed E-state index contributed by atoms with van der Waals surface area (Å²) in [6, 6.07) is 28.3. The van der Waals surface area contributed by atoms with Crippen LogP contribution in [-0.4, -0.2) is 42.0 Å². The van der Waals surface area contributed by atoms with E-state index in [4.69, 9.17) is 4.74 Å². The van der Waals surface area contributed by atoms with E-state index in [1.807, 2.05) is 42.5 Å². The minimum absolute atomic E-state index is 0.0110. The fourth-order valence-corrected chi connectivity index (χ4v) is 6.40. The molecule has 0 aliphatic carbocycles. The van der Waals surface area contributed by atoms with Crippen LogP contribution in [0.1, 0.15) is 59.3 Å². The van der Waals surface area contributed by atoms with Gasteiger partial charge < -0.3 is 20.3 Å². The van der Waals surface area contributed by atoms with Crippen LogP contribution in [0.15, 0.2) is 84.9 Å². The highest BCUT2D eigenvalue weighted by atomic mass is 16.5. The van der Waals surface area contributed by atoms with Crippen LogP contribution >= 0.6 is 0 Å². The summed E-state index contributed by atoms with van der Waals surface area (Å²) in [6.45, 7) is 1.79. The van der Waals surface area contributed by atoms with Gasteiger partial charge in [0.1, 0.15) is 0 Å². The second-order valence-electron chi connectivity index (χ2n) is 10.5. The number of para-hydroxylation sites is 1. The average molecular weight is 496 g/mol. The van der Waals surface area contributed by atoms with Crippen molar-refractivity contribution in [2.45, 2.75) is 43.3 Å². The van der Waals surface area contributed by atoms with E-state index in [1.165, 1.54) is 11.1 Å². The van der Waals surface area contributed by atoms with E-state index in [2.05, 4.69) is 58.0 Å². The molecule has 3 aliphatic heterocycles. The summed E-state index contributed by atoms with van der Waals surface area (Å²) in [7, 11) is 0. The predicted molar refractivity (Wildman–Crippen MR) is 143 cm³/mol. The molecule has 3 unspecified atom stereocenters. The van der Waals surface area contributed by atoms with Gasteiger partial charge in [-0.15, -0.1) is 0 Å². The molecule has 3 heterocycles. The van der Waals surface area contributed by atoms with E-state index >= 15 is 0 Å². The van der Waals surface area contributed by atoms with Crippen molar-refractivity contribution in [3.63, 3.8) is 0 Å². The third kappa shape index (κ3) is 4.62. The quantitative estimate of drug-likeness (QED) is 0.516. The van der Waals surface area contributed by atoms with Crippen LogP contribution in [0.5, 0.6) is 0 Å². The van der Waals surface area contributed by atoms with Crippen molar-refractivity contribution >= 4 is 17.5 Å². The van der Waals surface area contributed by atoms with Gasteiger partial charge >= 0.3 is 0 Å². The second-order valence-corrected chi connectivity index (χ2v) is 10.5. The number of carbonyl (C=O) groups excluding carboxylic acids is 2. The van der Waals surface area contributed by atoms with Crippen molar-refractivity contribution in [1.82, 2.24) is 10.2 Å². The Balaban J connectivity index is 1.27. The third-order valence-corrected chi connectivity index (χ3v) is 8.30. The van der Waals surface area contributed by atoms with E-state index < -0.39 is 5.54 Å². The van der Waals surface area contributed by atoms with Crippen LogP contribution in [0, 0.1) is 5.92 Å². The predicted octanol–water partition coefficient (Wildman–Crippen LogP) is 5.11. The van der Waals surface area contributed by atoms with E-state index in [0.717, 1.165) is 12.1 Å². The Hall–Kier alpha value is -3.64. The number of anilines is 1. The summed E-state index contributed by atoms with van der Waals surface area (Å²) in [5.41, 5.74) is 3.53. The summed E-state index contributed by atoms with van der Waals surface area (Å²) in [4.78, 5) is 29.3. The van der Waals surface area contributed by atoms with E-state index in [0.29, 0.717) is 38.2 Å². The topological polar surface area (TPSA) is 70.7 Å². The van der Waals surface area contributed by atoms with Gasteiger partial charge in [-0.05, 0) is 48.6 Å². The van der Waals surface area contributed by atoms with Gasteiger partial charge in [0, 0.05) is 36.9 Å². The molecule has 0 bridgehead atoms. The number of hydrogen-bond donors (Lipinski definition) is 2. The molecule has 0 aromatic heterocycles. The molecule has 3 aromatic carbocycles. The Labute approximate surface area is 218 Å². The number of benzene rings is 3. The van der Waals surface area contributed by atoms with Crippen LogP contribution in [0.4, 0.5) is 5.69 Å². The van der Waals surface area contributed by atoms with Crippen LogP contribution in [0.2, 0.25) is 0 Å². The minimum atomic E-state index is -0.606. The first-order chi connectivity index (χ1) is 18.1. The standard InChI is InChI=1S/C31H33N3O3/c35-27(21-31(16-19-37-20-17-31)33-30(36)23-11-5-2-6-12-23)34-18-15-25-28(22-9-3-1-4-10-22)32-26-14-8-7-13-24(26)29(25)34/h1-14,25,28-29,32H,15-21H2,(H,33,36). The maximum atomic E-state index is 14.1. The molecule has 2 N–H and O–H groups in total. The molecule has 6 nitrogen and oxygen atoms in total. The van der Waals surface area contributed by atoms with Gasteiger partial charge in [-0.1, -0.05) is 66.7 Å². The van der Waals surface area contributed by atoms with Crippen molar-refractivity contribution in [3.8, 4) is 0 Å². The zero-order valence-electron chi connectivity index (χ0n) is 20.9. The van der Waals surface area contributed by atoms with Gasteiger partial charge in [0.25, 0.3) is 5.91 Å². The highest BCUT2D eigenvalue weighted by Gasteiger charge is 2.48. The lowest BCUT2D eigenvalue weighted by molar-refractivity contribution is -0.135. The highest BCUT2D eigenvalue weighted by Crippen LogP contribution is 2.51. The van der Waals surface area contributed by atoms with Gasteiger partial charge in [0.2, 0.25) is 5.91 Å². The van der Waals surface area contributed by atoms with Crippen LogP contribution in [0.3, 0.4) is 0 Å². The lowest BCUT2D eigenvalue weighted by Gasteiger charge is -2.42. The summed E-state index contributed by atoms with van der Waals surface area (Å²) in [5.74, 6) is 0.253. The third-order valence-electron chi connectivity index (χ3n) is 8.30. The number of fused-ring (bicyclic) bond motifs is 3. The van der Waals surface area contributed by atoms with Gasteiger partial charge in [-0.25, -0.2) is 0 Å². The van der Waals surface area contributed by atoms with E-state index in [9.17, 15) is 9.59 Å². The van der Waals surface area contributed by atoms with Crippen LogP contribution < -0.4 is 10.6 Å². The smallest absolute Gasteiger partial charge is 0.251 e. The SMILES string of the molecule is O=C(NC1(CC(=O)N2CCC3C(c4ccccc4)Nc4ccccc4C32)CCOCC1)c1ccccc1. The number of likely N-dealkylation sites (tertiary alicyclic amines) is 1. The molecular formula is C31H33N3O3. The number of rotatable bonds is 5. The maximum absolute atomic E-state index is 14.1. The van der Waals surface area contributed by atoms with Gasteiger partial charge in [-0.2, -0.15) is 0 Å². The zero-order chi connectivity index (χ0) is 25.2. The first kappa shape index (κ1) is 23.7. The molecule has 0 spiro atoms. The molecule has 3 aromatic rings. The molecule has 190 valence electrons. The average Bonchev–Trinajstić information content (AvgIpc) is 3.40. The van der Waals surface area contributed by atoms with Gasteiger partial charge in [0.15, 0.2) is 0 Å². The molecule has 3 aliphatic rings. The number of amides is 2. The minimum Gasteiger partial charge on any atom is -0.381 e. The Morgan fingerprint density at radius 3 is 2.35 bits per heavy atom. The molecule has 3 atom stereocenters. The highest BCUT2D eigenvalue weighted by molar-refractivity contribution is 5.95. The number of ether oxygens (including phenoxy) is 1. The van der Waals surface area contributed by atoms with E-state index in [1.54, 1.807) is 0 Å². The fourth-order valence-electron chi connectivity index (χ4n) is 6.40. The summed E-state index contributed by atoms with van der Waals surface area (Å²) in [6.07, 6.45) is 2.47. The van der Waals surface area contributed by atoms with Crippen molar-refractivity contribution in [3.05, 3.63) is 102 Å². The fraction of sp³-hybridized carbons (Fsp3) is 0.355. The Morgan fingerprint density at radius 1 is 0.919 bits per heavy atom. The molecule has 6 rings (SSSR count). The van der Waals surface area contributed by atoms with Crippen molar-refractivity contribution in [2.24, 2.45) is 5.92 Å². The van der Waals surface area contributed by atoms with Crippen molar-refractivity contribution in [1.29, 1.82) is 0 Å². The molecule has 2 amide bonds. The largest absolute Gasteiger partial charge is 0.381 e. The van der Waals surface area contributed by atoms with Crippen LogP contribution in [-0.2, 0) is 9.53 Å². The van der Waals surface area contributed by atoms with Crippen molar-refractivity contribution < 1.29 is 14.3 Å². The molecule has 2 fully saturated rings. The summed E-state index contributed by atoms with van der Waals surface area (Å²) < 4.78 is 5.63.